The first-order valence-electron chi connectivity index (χ1n) is 11.0. The van der Waals surface area contributed by atoms with E-state index in [1.807, 2.05) is 55.5 Å². The zero-order chi connectivity index (χ0) is 24.4. The van der Waals surface area contributed by atoms with Crippen molar-refractivity contribution in [1.82, 2.24) is 19.6 Å². The van der Waals surface area contributed by atoms with E-state index < -0.39 is 17.8 Å². The summed E-state index contributed by atoms with van der Waals surface area (Å²) in [4.78, 5) is 39.5. The van der Waals surface area contributed by atoms with Crippen LogP contribution in [0.25, 0.3) is 23.0 Å². The molecule has 0 saturated carbocycles. The van der Waals surface area contributed by atoms with Crippen molar-refractivity contribution in [1.29, 1.82) is 0 Å². The molecular weight excluding hydrogens is 432 g/mol. The maximum absolute atomic E-state index is 12.8. The molecule has 0 unspecified atom stereocenters. The molecule has 34 heavy (non-hydrogen) atoms. The van der Waals surface area contributed by atoms with Crippen LogP contribution in [0.2, 0.25) is 0 Å². The molecule has 1 fully saturated rings. The Morgan fingerprint density at radius 3 is 2.26 bits per heavy atom. The number of hydrogen-bond acceptors (Lipinski definition) is 5. The van der Waals surface area contributed by atoms with Gasteiger partial charge >= 0.3 is 6.03 Å². The Labute approximate surface area is 198 Å². The largest absolute Gasteiger partial charge is 0.493 e. The lowest BCUT2D eigenvalue weighted by Gasteiger charge is -2.28. The summed E-state index contributed by atoms with van der Waals surface area (Å²) >= 11 is 0. The first kappa shape index (κ1) is 23.0. The van der Waals surface area contributed by atoms with Gasteiger partial charge in [-0.3, -0.25) is 19.4 Å². The van der Waals surface area contributed by atoms with Gasteiger partial charge in [0.25, 0.3) is 11.8 Å². The smallest absolute Gasteiger partial charge is 0.333 e. The quantitative estimate of drug-likeness (QED) is 0.411. The number of barbiturate groups is 1. The molecule has 1 aliphatic rings. The average Bonchev–Trinajstić information content (AvgIpc) is 3.28. The number of carbonyl (C=O) groups is 3. The fourth-order valence-electron chi connectivity index (χ4n) is 3.73. The Morgan fingerprint density at radius 2 is 1.65 bits per heavy atom. The van der Waals surface area contributed by atoms with E-state index in [1.54, 1.807) is 10.9 Å². The summed E-state index contributed by atoms with van der Waals surface area (Å²) in [5.74, 6) is -0.496. The molecule has 0 aliphatic carbocycles. The van der Waals surface area contributed by atoms with Crippen LogP contribution in [0.3, 0.4) is 0 Å². The standard InChI is InChI=1S/C26H26N4O4/c1-5-13-34-22-12-11-18(14-17(22)2)23-19(16-30(27-23)20-9-7-6-8-10-20)15-21-24(31)28(3)26(33)29(4)25(21)32/h6-12,14-16H,5,13H2,1-4H3. The normalized spacial score (nSPS) is 14.1. The summed E-state index contributed by atoms with van der Waals surface area (Å²) in [5.41, 5.74) is 3.68. The van der Waals surface area contributed by atoms with Gasteiger partial charge in [0.1, 0.15) is 11.3 Å². The summed E-state index contributed by atoms with van der Waals surface area (Å²) < 4.78 is 7.50. The van der Waals surface area contributed by atoms with Crippen molar-refractivity contribution in [3.63, 3.8) is 0 Å². The SMILES string of the molecule is CCCOc1ccc(-c2nn(-c3ccccc3)cc2C=C2C(=O)N(C)C(=O)N(C)C2=O)cc1C. The monoisotopic (exact) mass is 458 g/mol. The lowest BCUT2D eigenvalue weighted by Crippen LogP contribution is -2.52. The number of rotatable bonds is 6. The van der Waals surface area contributed by atoms with Crippen LogP contribution < -0.4 is 4.74 Å². The Hall–Kier alpha value is -4.20. The second-order valence-electron chi connectivity index (χ2n) is 8.11. The van der Waals surface area contributed by atoms with Crippen LogP contribution in [0, 0.1) is 6.92 Å². The molecule has 2 heterocycles. The molecule has 2 aromatic carbocycles. The van der Waals surface area contributed by atoms with Crippen LogP contribution >= 0.6 is 0 Å². The van der Waals surface area contributed by atoms with Crippen molar-refractivity contribution in [3.05, 3.63) is 71.4 Å². The lowest BCUT2D eigenvalue weighted by atomic mass is 10.0. The predicted molar refractivity (Wildman–Crippen MR) is 128 cm³/mol. The van der Waals surface area contributed by atoms with E-state index in [1.165, 1.54) is 20.2 Å². The number of amides is 4. The highest BCUT2D eigenvalue weighted by atomic mass is 16.5. The molecule has 8 heteroatoms. The fraction of sp³-hybridized carbons (Fsp3) is 0.231. The minimum atomic E-state index is -0.661. The van der Waals surface area contributed by atoms with Crippen LogP contribution in [0.5, 0.6) is 5.75 Å². The average molecular weight is 459 g/mol. The third-order valence-corrected chi connectivity index (χ3v) is 5.62. The molecule has 1 saturated heterocycles. The number of para-hydroxylation sites is 1. The number of ether oxygens (including phenoxy) is 1. The van der Waals surface area contributed by atoms with Gasteiger partial charge in [-0.2, -0.15) is 5.10 Å². The Bertz CT molecular complexity index is 1270. The van der Waals surface area contributed by atoms with E-state index in [0.717, 1.165) is 38.8 Å². The number of benzene rings is 2. The summed E-state index contributed by atoms with van der Waals surface area (Å²) in [6.45, 7) is 4.64. The topological polar surface area (TPSA) is 84.7 Å². The van der Waals surface area contributed by atoms with Gasteiger partial charge in [0, 0.05) is 31.4 Å². The lowest BCUT2D eigenvalue weighted by molar-refractivity contribution is -0.134. The molecule has 0 N–H and O–H groups in total. The van der Waals surface area contributed by atoms with Crippen molar-refractivity contribution in [2.45, 2.75) is 20.3 Å². The minimum absolute atomic E-state index is 0.0990. The highest BCUT2D eigenvalue weighted by molar-refractivity contribution is 6.30. The molecule has 1 aromatic heterocycles. The molecule has 0 radical (unpaired) electrons. The minimum Gasteiger partial charge on any atom is -0.493 e. The molecule has 3 aromatic rings. The van der Waals surface area contributed by atoms with Gasteiger partial charge in [0.05, 0.1) is 18.0 Å². The van der Waals surface area contributed by atoms with Crippen LogP contribution in [0.4, 0.5) is 4.79 Å². The first-order chi connectivity index (χ1) is 16.3. The van der Waals surface area contributed by atoms with Gasteiger partial charge in [-0.25, -0.2) is 9.48 Å². The van der Waals surface area contributed by atoms with Gasteiger partial charge in [-0.15, -0.1) is 0 Å². The highest BCUT2D eigenvalue weighted by Gasteiger charge is 2.38. The maximum atomic E-state index is 12.8. The Morgan fingerprint density at radius 1 is 0.971 bits per heavy atom. The molecule has 1 aliphatic heterocycles. The summed E-state index contributed by atoms with van der Waals surface area (Å²) in [6, 6.07) is 14.7. The Balaban J connectivity index is 1.84. The number of likely N-dealkylation sites (N-methyl/N-ethyl adjacent to an activating group) is 2. The highest BCUT2D eigenvalue weighted by Crippen LogP contribution is 2.30. The molecule has 0 atom stereocenters. The van der Waals surface area contributed by atoms with Gasteiger partial charge in [-0.1, -0.05) is 25.1 Å². The number of imide groups is 2. The molecule has 0 spiro atoms. The van der Waals surface area contributed by atoms with Gasteiger partial charge in [0.2, 0.25) is 0 Å². The molecule has 4 rings (SSSR count). The van der Waals surface area contributed by atoms with E-state index in [0.29, 0.717) is 17.9 Å². The molecule has 174 valence electrons. The number of carbonyl (C=O) groups excluding carboxylic acids is 3. The molecular formula is C26H26N4O4. The summed E-state index contributed by atoms with van der Waals surface area (Å²) in [5, 5.41) is 4.77. The van der Waals surface area contributed by atoms with E-state index in [9.17, 15) is 14.4 Å². The zero-order valence-electron chi connectivity index (χ0n) is 19.6. The second kappa shape index (κ2) is 9.35. The van der Waals surface area contributed by atoms with E-state index in [2.05, 4.69) is 6.92 Å². The maximum Gasteiger partial charge on any atom is 0.333 e. The van der Waals surface area contributed by atoms with Crippen LogP contribution in [-0.4, -0.2) is 58.1 Å². The number of aryl methyl sites for hydroxylation is 1. The van der Waals surface area contributed by atoms with Crippen molar-refractivity contribution in [2.24, 2.45) is 0 Å². The second-order valence-corrected chi connectivity index (χ2v) is 8.11. The van der Waals surface area contributed by atoms with Crippen LogP contribution in [0.1, 0.15) is 24.5 Å². The first-order valence-corrected chi connectivity index (χ1v) is 11.0. The number of hydrogen-bond donors (Lipinski definition) is 0. The summed E-state index contributed by atoms with van der Waals surface area (Å²) in [6.07, 6.45) is 4.18. The van der Waals surface area contributed by atoms with Gasteiger partial charge in [0.15, 0.2) is 0 Å². The number of urea groups is 1. The van der Waals surface area contributed by atoms with Crippen molar-refractivity contribution < 1.29 is 19.1 Å². The molecule has 8 nitrogen and oxygen atoms in total. The third-order valence-electron chi connectivity index (χ3n) is 5.62. The Kier molecular flexibility index (Phi) is 6.32. The van der Waals surface area contributed by atoms with Crippen molar-refractivity contribution in [3.8, 4) is 22.7 Å². The van der Waals surface area contributed by atoms with Gasteiger partial charge < -0.3 is 4.74 Å². The van der Waals surface area contributed by atoms with Crippen molar-refractivity contribution in [2.75, 3.05) is 20.7 Å². The van der Waals surface area contributed by atoms with E-state index in [4.69, 9.17) is 9.84 Å². The molecule has 0 bridgehead atoms. The van der Waals surface area contributed by atoms with E-state index in [-0.39, 0.29) is 5.57 Å². The predicted octanol–water partition coefficient (Wildman–Crippen LogP) is 4.07. The zero-order valence-corrected chi connectivity index (χ0v) is 19.6. The molecule has 4 amide bonds. The number of nitrogens with zero attached hydrogens (tertiary/aromatic N) is 4. The summed E-state index contributed by atoms with van der Waals surface area (Å²) in [7, 11) is 2.71. The fourth-order valence-corrected chi connectivity index (χ4v) is 3.73. The van der Waals surface area contributed by atoms with Crippen LogP contribution in [0.15, 0.2) is 60.3 Å². The number of aromatic nitrogens is 2. The van der Waals surface area contributed by atoms with Crippen molar-refractivity contribution >= 4 is 23.9 Å². The van der Waals surface area contributed by atoms with Crippen LogP contribution in [-0.2, 0) is 9.59 Å². The third kappa shape index (κ3) is 4.22. The van der Waals surface area contributed by atoms with Gasteiger partial charge in [-0.05, 0) is 55.3 Å². The van der Waals surface area contributed by atoms with E-state index >= 15 is 0 Å².